The van der Waals surface area contributed by atoms with Crippen LogP contribution in [0.1, 0.15) is 70.6 Å². The lowest BCUT2D eigenvalue weighted by molar-refractivity contribution is -0.137. The molecular formula is C18H32O4. The Labute approximate surface area is 134 Å². The van der Waals surface area contributed by atoms with Gasteiger partial charge in [0.1, 0.15) is 0 Å². The molecule has 128 valence electrons. The van der Waals surface area contributed by atoms with Gasteiger partial charge in [-0.1, -0.05) is 56.4 Å². The van der Waals surface area contributed by atoms with Crippen molar-refractivity contribution in [1.29, 1.82) is 0 Å². The number of allylic oxidation sites excluding steroid dienone is 3. The maximum atomic E-state index is 10.3. The summed E-state index contributed by atoms with van der Waals surface area (Å²) in [5, 5.41) is 26.7. The second kappa shape index (κ2) is 16.2. The standard InChI is InChI=1S/C18H32O4/c19-16-11-9-7-5-3-1-2-4-6-8-10-13-17(20)14-12-15-18(21)22/h6,8,10,13,17,19-20H,1-5,7,9,11-12,14-16H2,(H,21,22). The number of rotatable bonds is 15. The van der Waals surface area contributed by atoms with E-state index in [0.717, 1.165) is 19.3 Å². The summed E-state index contributed by atoms with van der Waals surface area (Å²) in [6.07, 6.45) is 17.4. The second-order valence-electron chi connectivity index (χ2n) is 5.65. The lowest BCUT2D eigenvalue weighted by Gasteiger charge is -2.02. The van der Waals surface area contributed by atoms with E-state index >= 15 is 0 Å². The Morgan fingerprint density at radius 2 is 1.55 bits per heavy atom. The van der Waals surface area contributed by atoms with Crippen LogP contribution in [0.15, 0.2) is 24.3 Å². The van der Waals surface area contributed by atoms with Gasteiger partial charge in [-0.25, -0.2) is 0 Å². The van der Waals surface area contributed by atoms with E-state index in [4.69, 9.17) is 10.2 Å². The van der Waals surface area contributed by atoms with Crippen LogP contribution >= 0.6 is 0 Å². The number of carboxylic acid groups (broad SMARTS) is 1. The zero-order valence-corrected chi connectivity index (χ0v) is 13.6. The van der Waals surface area contributed by atoms with Crippen LogP contribution in [-0.2, 0) is 4.79 Å². The number of unbranched alkanes of at least 4 members (excludes halogenated alkanes) is 7. The Morgan fingerprint density at radius 1 is 0.909 bits per heavy atom. The average molecular weight is 312 g/mol. The Bertz CT molecular complexity index is 310. The first-order chi connectivity index (χ1) is 10.7. The molecule has 22 heavy (non-hydrogen) atoms. The number of hydrogen-bond acceptors (Lipinski definition) is 3. The number of hydrogen-bond donors (Lipinski definition) is 3. The fraction of sp³-hybridized carbons (Fsp3) is 0.722. The lowest BCUT2D eigenvalue weighted by Crippen LogP contribution is -2.03. The zero-order chi connectivity index (χ0) is 16.5. The van der Waals surface area contributed by atoms with Crippen molar-refractivity contribution in [2.75, 3.05) is 6.61 Å². The van der Waals surface area contributed by atoms with Gasteiger partial charge in [0.25, 0.3) is 0 Å². The summed E-state index contributed by atoms with van der Waals surface area (Å²) in [7, 11) is 0. The van der Waals surface area contributed by atoms with E-state index in [9.17, 15) is 9.90 Å². The summed E-state index contributed by atoms with van der Waals surface area (Å²) < 4.78 is 0. The van der Waals surface area contributed by atoms with Gasteiger partial charge in [-0.15, -0.1) is 0 Å². The van der Waals surface area contributed by atoms with Crippen LogP contribution in [0.25, 0.3) is 0 Å². The maximum absolute atomic E-state index is 10.3. The summed E-state index contributed by atoms with van der Waals surface area (Å²) >= 11 is 0. The lowest BCUT2D eigenvalue weighted by atomic mass is 10.1. The van der Waals surface area contributed by atoms with E-state index in [-0.39, 0.29) is 6.42 Å². The van der Waals surface area contributed by atoms with Crippen molar-refractivity contribution in [1.82, 2.24) is 0 Å². The normalized spacial score (nSPS) is 13.2. The molecule has 0 saturated heterocycles. The van der Waals surface area contributed by atoms with Crippen LogP contribution in [0.4, 0.5) is 0 Å². The largest absolute Gasteiger partial charge is 0.481 e. The Morgan fingerprint density at radius 3 is 2.18 bits per heavy atom. The van der Waals surface area contributed by atoms with Crippen LogP contribution in [-0.4, -0.2) is 34.0 Å². The molecule has 0 radical (unpaired) electrons. The molecular weight excluding hydrogens is 280 g/mol. The van der Waals surface area contributed by atoms with E-state index in [1.54, 1.807) is 6.08 Å². The van der Waals surface area contributed by atoms with Gasteiger partial charge in [-0.3, -0.25) is 4.79 Å². The van der Waals surface area contributed by atoms with Crippen molar-refractivity contribution in [2.45, 2.75) is 76.7 Å². The molecule has 3 N–H and O–H groups in total. The topological polar surface area (TPSA) is 77.8 Å². The van der Waals surface area contributed by atoms with E-state index in [2.05, 4.69) is 6.08 Å². The van der Waals surface area contributed by atoms with Gasteiger partial charge in [-0.05, 0) is 32.1 Å². The molecule has 0 aliphatic carbocycles. The molecule has 0 bridgehead atoms. The minimum Gasteiger partial charge on any atom is -0.481 e. The van der Waals surface area contributed by atoms with Crippen molar-refractivity contribution in [2.24, 2.45) is 0 Å². The molecule has 4 heteroatoms. The Hall–Kier alpha value is -1.13. The minimum atomic E-state index is -0.815. The Kier molecular flexibility index (Phi) is 15.4. The van der Waals surface area contributed by atoms with E-state index in [0.29, 0.717) is 19.4 Å². The smallest absolute Gasteiger partial charge is 0.303 e. The molecule has 0 aliphatic rings. The van der Waals surface area contributed by atoms with Crippen LogP contribution in [0.2, 0.25) is 0 Å². The number of carboxylic acids is 1. The molecule has 0 amide bonds. The van der Waals surface area contributed by atoms with Gasteiger partial charge in [-0.2, -0.15) is 0 Å². The number of carbonyl (C=O) groups is 1. The van der Waals surface area contributed by atoms with Gasteiger partial charge in [0.2, 0.25) is 0 Å². The molecule has 0 spiro atoms. The molecule has 0 aromatic carbocycles. The number of aliphatic hydroxyl groups excluding tert-OH is 2. The average Bonchev–Trinajstić information content (AvgIpc) is 2.48. The first-order valence-electron chi connectivity index (χ1n) is 8.51. The SMILES string of the molecule is O=C(O)CCCC(O)C=CC=CCCCCCCCCCO. The summed E-state index contributed by atoms with van der Waals surface area (Å²) in [5.74, 6) is -0.815. The monoisotopic (exact) mass is 312 g/mol. The highest BCUT2D eigenvalue weighted by Crippen LogP contribution is 2.08. The summed E-state index contributed by atoms with van der Waals surface area (Å²) in [4.78, 5) is 10.3. The summed E-state index contributed by atoms with van der Waals surface area (Å²) in [6, 6.07) is 0. The van der Waals surface area contributed by atoms with E-state index in [1.807, 2.05) is 12.2 Å². The van der Waals surface area contributed by atoms with Gasteiger partial charge < -0.3 is 15.3 Å². The highest BCUT2D eigenvalue weighted by Gasteiger charge is 2.01. The first-order valence-corrected chi connectivity index (χ1v) is 8.51. The van der Waals surface area contributed by atoms with Crippen LogP contribution in [0.3, 0.4) is 0 Å². The second-order valence-corrected chi connectivity index (χ2v) is 5.65. The molecule has 0 rings (SSSR count). The van der Waals surface area contributed by atoms with Crippen LogP contribution in [0, 0.1) is 0 Å². The summed E-state index contributed by atoms with van der Waals surface area (Å²) in [6.45, 7) is 0.312. The highest BCUT2D eigenvalue weighted by molar-refractivity contribution is 5.66. The van der Waals surface area contributed by atoms with E-state index < -0.39 is 12.1 Å². The predicted molar refractivity (Wildman–Crippen MR) is 89.8 cm³/mol. The molecule has 1 atom stereocenters. The molecule has 0 aliphatic heterocycles. The Balaban J connectivity index is 3.38. The van der Waals surface area contributed by atoms with Gasteiger partial charge >= 0.3 is 5.97 Å². The molecule has 0 saturated carbocycles. The predicted octanol–water partition coefficient (Wildman–Crippen LogP) is 3.83. The molecule has 0 heterocycles. The third kappa shape index (κ3) is 16.9. The van der Waals surface area contributed by atoms with Crippen molar-refractivity contribution in [3.05, 3.63) is 24.3 Å². The van der Waals surface area contributed by atoms with Crippen molar-refractivity contribution < 1.29 is 20.1 Å². The van der Waals surface area contributed by atoms with Crippen molar-refractivity contribution in [3.8, 4) is 0 Å². The van der Waals surface area contributed by atoms with Crippen molar-refractivity contribution in [3.63, 3.8) is 0 Å². The molecule has 0 aromatic heterocycles. The fourth-order valence-electron chi connectivity index (χ4n) is 2.18. The third-order valence-corrected chi connectivity index (χ3v) is 3.50. The fourth-order valence-corrected chi connectivity index (χ4v) is 2.18. The zero-order valence-electron chi connectivity index (χ0n) is 13.6. The third-order valence-electron chi connectivity index (χ3n) is 3.50. The van der Waals surface area contributed by atoms with Crippen LogP contribution < -0.4 is 0 Å². The highest BCUT2D eigenvalue weighted by atomic mass is 16.4. The molecule has 0 aromatic rings. The maximum Gasteiger partial charge on any atom is 0.303 e. The summed E-state index contributed by atoms with van der Waals surface area (Å²) in [5.41, 5.74) is 0. The number of aliphatic carboxylic acids is 1. The molecule has 4 nitrogen and oxygen atoms in total. The van der Waals surface area contributed by atoms with Gasteiger partial charge in [0.15, 0.2) is 0 Å². The molecule has 0 fully saturated rings. The van der Waals surface area contributed by atoms with Crippen LogP contribution in [0.5, 0.6) is 0 Å². The van der Waals surface area contributed by atoms with Crippen molar-refractivity contribution >= 4 is 5.97 Å². The minimum absolute atomic E-state index is 0.112. The first kappa shape index (κ1) is 20.9. The molecule has 1 unspecified atom stereocenters. The quantitative estimate of drug-likeness (QED) is 0.317. The van der Waals surface area contributed by atoms with E-state index in [1.165, 1.54) is 32.1 Å². The van der Waals surface area contributed by atoms with Gasteiger partial charge in [0, 0.05) is 13.0 Å². The van der Waals surface area contributed by atoms with Gasteiger partial charge in [0.05, 0.1) is 6.10 Å². The number of aliphatic hydroxyl groups is 2.